The molecule has 1 aliphatic heterocycles. The molecule has 0 amide bonds. The second-order valence-electron chi connectivity index (χ2n) is 4.82. The molecule has 0 spiro atoms. The molecule has 2 aromatic heterocycles. The lowest BCUT2D eigenvalue weighted by atomic mass is 10.1. The number of Topliss-reactive ketones (excluding diaryl/α,β-unsaturated/α-hetero) is 1. The van der Waals surface area contributed by atoms with Crippen molar-refractivity contribution in [3.05, 3.63) is 23.0 Å². The van der Waals surface area contributed by atoms with Gasteiger partial charge in [-0.1, -0.05) is 0 Å². The third-order valence-electron chi connectivity index (χ3n) is 3.47. The zero-order valence-corrected chi connectivity index (χ0v) is 10.8. The number of aliphatic hydroxyl groups excluding tert-OH is 1. The molecule has 2 aromatic rings. The molecule has 1 unspecified atom stereocenters. The number of aliphatic hydroxyl groups is 1. The fraction of sp³-hybridized carbons (Fsp3) is 0.500. The predicted octanol–water partition coefficient (Wildman–Crippen LogP) is -0.253. The van der Waals surface area contributed by atoms with Gasteiger partial charge in [-0.3, -0.25) is 14.2 Å². The zero-order chi connectivity index (χ0) is 14.3. The highest BCUT2D eigenvalue weighted by atomic mass is 16.5. The van der Waals surface area contributed by atoms with Crippen molar-refractivity contribution in [2.45, 2.75) is 38.2 Å². The lowest BCUT2D eigenvalue weighted by Crippen LogP contribution is -2.32. The molecule has 0 radical (unpaired) electrons. The summed E-state index contributed by atoms with van der Waals surface area (Å²) in [6, 6.07) is 0. The summed E-state index contributed by atoms with van der Waals surface area (Å²) in [7, 11) is 0. The van der Waals surface area contributed by atoms with E-state index < -0.39 is 12.2 Å². The van der Waals surface area contributed by atoms with Gasteiger partial charge in [0.05, 0.1) is 18.8 Å². The van der Waals surface area contributed by atoms with E-state index in [0.29, 0.717) is 18.5 Å². The van der Waals surface area contributed by atoms with Crippen LogP contribution in [-0.2, 0) is 9.53 Å². The topological polar surface area (TPSA) is 110 Å². The van der Waals surface area contributed by atoms with Crippen molar-refractivity contribution >= 4 is 16.9 Å². The molecule has 0 aromatic carbocycles. The Bertz CT molecular complexity index is 707. The predicted molar refractivity (Wildman–Crippen MR) is 68.0 cm³/mol. The number of aromatic nitrogens is 4. The van der Waals surface area contributed by atoms with Crippen molar-refractivity contribution < 1.29 is 14.6 Å². The summed E-state index contributed by atoms with van der Waals surface area (Å²) in [4.78, 5) is 33.3. The Labute approximate surface area is 113 Å². The molecule has 8 nitrogen and oxygen atoms in total. The number of hydrogen-bond donors (Lipinski definition) is 2. The van der Waals surface area contributed by atoms with E-state index in [4.69, 9.17) is 4.74 Å². The van der Waals surface area contributed by atoms with Crippen LogP contribution >= 0.6 is 0 Å². The number of H-pyrrole nitrogens is 1. The van der Waals surface area contributed by atoms with Crippen LogP contribution in [0.3, 0.4) is 0 Å². The summed E-state index contributed by atoms with van der Waals surface area (Å²) in [5.41, 5.74) is 0.357. The highest BCUT2D eigenvalue weighted by Crippen LogP contribution is 2.31. The molecule has 20 heavy (non-hydrogen) atoms. The minimum Gasteiger partial charge on any atom is -0.383 e. The van der Waals surface area contributed by atoms with E-state index in [2.05, 4.69) is 15.0 Å². The lowest BCUT2D eigenvalue weighted by molar-refractivity contribution is -0.134. The molecule has 1 saturated heterocycles. The van der Waals surface area contributed by atoms with Gasteiger partial charge in [-0.25, -0.2) is 9.97 Å². The average Bonchev–Trinajstić information content (AvgIpc) is 3.04. The maximum Gasteiger partial charge on any atom is 0.278 e. The number of fused-ring (bicyclic) bond motifs is 1. The smallest absolute Gasteiger partial charge is 0.278 e. The van der Waals surface area contributed by atoms with Crippen LogP contribution in [0.4, 0.5) is 0 Å². The van der Waals surface area contributed by atoms with Gasteiger partial charge in [-0.05, 0) is 19.8 Å². The Morgan fingerprint density at radius 1 is 1.55 bits per heavy atom. The Hall–Kier alpha value is -2.06. The molecule has 3 heterocycles. The number of imidazole rings is 1. The van der Waals surface area contributed by atoms with Crippen molar-refractivity contribution in [3.63, 3.8) is 0 Å². The third kappa shape index (κ3) is 2.02. The van der Waals surface area contributed by atoms with Crippen LogP contribution in [-0.4, -0.2) is 42.6 Å². The molecular weight excluding hydrogens is 264 g/mol. The SMILES string of the molecule is CC(=O)C(O)[C@@H]1CC[C@H](n2cnc3c(=O)[nH]cnc32)O1. The molecule has 2 N–H and O–H groups in total. The number of hydrogen-bond acceptors (Lipinski definition) is 6. The molecule has 106 valence electrons. The van der Waals surface area contributed by atoms with Gasteiger partial charge < -0.3 is 14.8 Å². The Morgan fingerprint density at radius 3 is 3.10 bits per heavy atom. The summed E-state index contributed by atoms with van der Waals surface area (Å²) in [5, 5.41) is 9.73. The van der Waals surface area contributed by atoms with Gasteiger partial charge in [0.15, 0.2) is 16.9 Å². The van der Waals surface area contributed by atoms with Gasteiger partial charge in [0.25, 0.3) is 5.56 Å². The highest BCUT2D eigenvalue weighted by molar-refractivity contribution is 5.80. The number of nitrogens with one attached hydrogen (secondary N) is 1. The lowest BCUT2D eigenvalue weighted by Gasteiger charge is -2.17. The number of ether oxygens (including phenoxy) is 1. The van der Waals surface area contributed by atoms with E-state index in [9.17, 15) is 14.7 Å². The second kappa shape index (κ2) is 4.80. The summed E-state index contributed by atoms with van der Waals surface area (Å²) in [6.07, 6.45) is 1.94. The minimum absolute atomic E-state index is 0.242. The number of rotatable bonds is 3. The van der Waals surface area contributed by atoms with Crippen LogP contribution < -0.4 is 5.56 Å². The first-order chi connectivity index (χ1) is 9.58. The Kier molecular flexibility index (Phi) is 3.11. The summed E-state index contributed by atoms with van der Waals surface area (Å²) in [5.74, 6) is -0.319. The first kappa shape index (κ1) is 12.9. The maximum absolute atomic E-state index is 11.6. The van der Waals surface area contributed by atoms with Crippen LogP contribution in [0.5, 0.6) is 0 Å². The normalized spacial score (nSPS) is 24.1. The number of carbonyl (C=O) groups is 1. The highest BCUT2D eigenvalue weighted by Gasteiger charge is 2.34. The van der Waals surface area contributed by atoms with Crippen LogP contribution in [0.2, 0.25) is 0 Å². The largest absolute Gasteiger partial charge is 0.383 e. The Morgan fingerprint density at radius 2 is 2.35 bits per heavy atom. The van der Waals surface area contributed by atoms with Gasteiger partial charge >= 0.3 is 0 Å². The monoisotopic (exact) mass is 278 g/mol. The third-order valence-corrected chi connectivity index (χ3v) is 3.47. The second-order valence-corrected chi connectivity index (χ2v) is 4.82. The first-order valence-electron chi connectivity index (χ1n) is 6.32. The van der Waals surface area contributed by atoms with Gasteiger partial charge in [0.2, 0.25) is 0 Å². The molecule has 8 heteroatoms. The molecule has 3 atom stereocenters. The molecule has 0 bridgehead atoms. The van der Waals surface area contributed by atoms with Crippen molar-refractivity contribution in [1.82, 2.24) is 19.5 Å². The van der Waals surface area contributed by atoms with Gasteiger partial charge in [-0.2, -0.15) is 0 Å². The van der Waals surface area contributed by atoms with Crippen LogP contribution in [0.15, 0.2) is 17.4 Å². The number of nitrogens with zero attached hydrogens (tertiary/aromatic N) is 3. The number of carbonyl (C=O) groups excluding carboxylic acids is 1. The van der Waals surface area contributed by atoms with Crippen LogP contribution in [0, 0.1) is 0 Å². The van der Waals surface area contributed by atoms with E-state index >= 15 is 0 Å². The van der Waals surface area contributed by atoms with Gasteiger partial charge in [0.1, 0.15) is 12.3 Å². The van der Waals surface area contributed by atoms with E-state index in [1.165, 1.54) is 19.6 Å². The van der Waals surface area contributed by atoms with Crippen molar-refractivity contribution in [2.24, 2.45) is 0 Å². The van der Waals surface area contributed by atoms with E-state index in [0.717, 1.165) is 0 Å². The van der Waals surface area contributed by atoms with Crippen molar-refractivity contribution in [1.29, 1.82) is 0 Å². The van der Waals surface area contributed by atoms with Crippen LogP contribution in [0.1, 0.15) is 26.0 Å². The van der Waals surface area contributed by atoms with Crippen molar-refractivity contribution in [3.8, 4) is 0 Å². The fourth-order valence-electron chi connectivity index (χ4n) is 2.42. The van der Waals surface area contributed by atoms with E-state index in [1.807, 2.05) is 0 Å². The van der Waals surface area contributed by atoms with Crippen molar-refractivity contribution in [2.75, 3.05) is 0 Å². The van der Waals surface area contributed by atoms with Crippen LogP contribution in [0.25, 0.3) is 11.2 Å². The fourth-order valence-corrected chi connectivity index (χ4v) is 2.42. The average molecular weight is 278 g/mol. The zero-order valence-electron chi connectivity index (χ0n) is 10.8. The molecule has 0 saturated carbocycles. The molecule has 1 fully saturated rings. The number of ketones is 1. The van der Waals surface area contributed by atoms with E-state index in [1.54, 1.807) is 4.57 Å². The molecule has 3 rings (SSSR count). The van der Waals surface area contributed by atoms with E-state index in [-0.39, 0.29) is 23.1 Å². The summed E-state index contributed by atoms with van der Waals surface area (Å²) in [6.45, 7) is 1.33. The standard InChI is InChI=1S/C12H14N4O4/c1-6(17)10(18)7-2-3-8(20-7)16-5-15-9-11(16)13-4-14-12(9)19/h4-5,7-8,10,18H,2-3H2,1H3,(H,13,14,19)/t7-,8+,10?/m0/s1. The van der Waals surface area contributed by atoms with Gasteiger partial charge in [-0.15, -0.1) is 0 Å². The summed E-state index contributed by atoms with van der Waals surface area (Å²) < 4.78 is 7.33. The van der Waals surface area contributed by atoms with Gasteiger partial charge in [0, 0.05) is 0 Å². The molecule has 1 aliphatic rings. The summed E-state index contributed by atoms with van der Waals surface area (Å²) >= 11 is 0. The Balaban J connectivity index is 1.89. The number of aromatic amines is 1. The molecular formula is C12H14N4O4. The first-order valence-corrected chi connectivity index (χ1v) is 6.32. The minimum atomic E-state index is -1.12. The quantitative estimate of drug-likeness (QED) is 0.801. The molecule has 0 aliphatic carbocycles. The maximum atomic E-state index is 11.6.